The van der Waals surface area contributed by atoms with Gasteiger partial charge >= 0.3 is 0 Å². The molecular weight excluding hydrogens is 228 g/mol. The monoisotopic (exact) mass is 244 g/mol. The molecule has 6 heteroatoms. The van der Waals surface area contributed by atoms with E-state index < -0.39 is 22.2 Å². The first-order chi connectivity index (χ1) is 7.43. The minimum Gasteiger partial charge on any atom is -0.392 e. The molecule has 16 heavy (non-hydrogen) atoms. The number of nitrogens with two attached hydrogens (primary N) is 1. The highest BCUT2D eigenvalue weighted by Crippen LogP contribution is 2.06. The Kier molecular flexibility index (Phi) is 4.43. The van der Waals surface area contributed by atoms with Gasteiger partial charge in [-0.3, -0.25) is 0 Å². The molecule has 0 spiro atoms. The third-order valence-corrected chi connectivity index (χ3v) is 3.62. The minimum atomic E-state index is -3.53. The number of rotatable bonds is 5. The van der Waals surface area contributed by atoms with Crippen LogP contribution in [0.3, 0.4) is 0 Å². The van der Waals surface area contributed by atoms with E-state index in [4.69, 9.17) is 10.8 Å². The van der Waals surface area contributed by atoms with E-state index in [2.05, 4.69) is 4.72 Å². The quantitative estimate of drug-likeness (QED) is 0.661. The molecule has 1 aromatic carbocycles. The van der Waals surface area contributed by atoms with Crippen LogP contribution >= 0.6 is 0 Å². The lowest BCUT2D eigenvalue weighted by molar-refractivity contribution is 0.164. The molecule has 2 unspecified atom stereocenters. The number of nitrogens with one attached hydrogen (secondary N) is 1. The molecule has 90 valence electrons. The second kappa shape index (κ2) is 5.40. The fourth-order valence-corrected chi connectivity index (χ4v) is 2.15. The highest BCUT2D eigenvalue weighted by molar-refractivity contribution is 7.89. The van der Waals surface area contributed by atoms with Crippen LogP contribution in [0.25, 0.3) is 0 Å². The Morgan fingerprint density at radius 1 is 1.38 bits per heavy atom. The average Bonchev–Trinajstić information content (AvgIpc) is 2.27. The van der Waals surface area contributed by atoms with Gasteiger partial charge in [-0.05, 0) is 19.1 Å². The number of aliphatic hydroxyl groups is 1. The number of aliphatic hydroxyl groups excluding tert-OH is 1. The molecule has 0 bridgehead atoms. The maximum absolute atomic E-state index is 11.7. The summed E-state index contributed by atoms with van der Waals surface area (Å²) in [5.41, 5.74) is 5.52. The Bertz CT molecular complexity index is 417. The summed E-state index contributed by atoms with van der Waals surface area (Å²) in [5, 5.41) is 9.13. The number of sulfonamides is 1. The van der Waals surface area contributed by atoms with E-state index in [0.717, 1.165) is 0 Å². The van der Waals surface area contributed by atoms with E-state index in [9.17, 15) is 8.42 Å². The van der Waals surface area contributed by atoms with Gasteiger partial charge in [-0.15, -0.1) is 0 Å². The van der Waals surface area contributed by atoms with Crippen molar-refractivity contribution in [3.8, 4) is 0 Å². The number of hydrogen-bond donors (Lipinski definition) is 3. The van der Waals surface area contributed by atoms with Crippen molar-refractivity contribution >= 4 is 10.0 Å². The second-order valence-corrected chi connectivity index (χ2v) is 5.34. The SMILES string of the molecule is CC(O)C(N)CNS(=O)(=O)c1ccccc1. The smallest absolute Gasteiger partial charge is 0.240 e. The van der Waals surface area contributed by atoms with Crippen LogP contribution in [0, 0.1) is 0 Å². The van der Waals surface area contributed by atoms with Gasteiger partial charge in [-0.25, -0.2) is 13.1 Å². The van der Waals surface area contributed by atoms with Gasteiger partial charge in [0, 0.05) is 12.6 Å². The third kappa shape index (κ3) is 3.57. The Morgan fingerprint density at radius 3 is 2.44 bits per heavy atom. The van der Waals surface area contributed by atoms with E-state index in [-0.39, 0.29) is 11.4 Å². The van der Waals surface area contributed by atoms with Crippen molar-refractivity contribution in [2.24, 2.45) is 5.73 Å². The molecule has 5 nitrogen and oxygen atoms in total. The van der Waals surface area contributed by atoms with Crippen LogP contribution in [-0.4, -0.2) is 32.2 Å². The molecule has 0 heterocycles. The van der Waals surface area contributed by atoms with Gasteiger partial charge < -0.3 is 10.8 Å². The van der Waals surface area contributed by atoms with Gasteiger partial charge in [-0.1, -0.05) is 18.2 Å². The average molecular weight is 244 g/mol. The molecule has 0 amide bonds. The standard InChI is InChI=1S/C10H16N2O3S/c1-8(13)10(11)7-12-16(14,15)9-5-3-2-4-6-9/h2-6,8,10,12-13H,7,11H2,1H3. The summed E-state index contributed by atoms with van der Waals surface area (Å²) >= 11 is 0. The molecule has 2 atom stereocenters. The van der Waals surface area contributed by atoms with Crippen molar-refractivity contribution in [3.05, 3.63) is 30.3 Å². The van der Waals surface area contributed by atoms with Crippen molar-refractivity contribution < 1.29 is 13.5 Å². The predicted octanol–water partition coefficient (Wildman–Crippen LogP) is -0.327. The molecule has 1 rings (SSSR count). The highest BCUT2D eigenvalue weighted by atomic mass is 32.2. The molecule has 4 N–H and O–H groups in total. The lowest BCUT2D eigenvalue weighted by atomic mass is 10.2. The maximum Gasteiger partial charge on any atom is 0.240 e. The van der Waals surface area contributed by atoms with E-state index >= 15 is 0 Å². The minimum absolute atomic E-state index is 0.00882. The van der Waals surface area contributed by atoms with Gasteiger partial charge in [0.1, 0.15) is 0 Å². The lowest BCUT2D eigenvalue weighted by Crippen LogP contribution is -2.43. The van der Waals surface area contributed by atoms with E-state index in [1.807, 2.05) is 0 Å². The van der Waals surface area contributed by atoms with Crippen molar-refractivity contribution in [2.75, 3.05) is 6.54 Å². The molecule has 0 aliphatic heterocycles. The summed E-state index contributed by atoms with van der Waals surface area (Å²) in [4.78, 5) is 0.188. The van der Waals surface area contributed by atoms with Crippen LogP contribution in [-0.2, 0) is 10.0 Å². The van der Waals surface area contributed by atoms with Crippen LogP contribution in [0.4, 0.5) is 0 Å². The number of benzene rings is 1. The van der Waals surface area contributed by atoms with Gasteiger partial charge in [0.15, 0.2) is 0 Å². The Labute approximate surface area is 95.3 Å². The topological polar surface area (TPSA) is 92.4 Å². The summed E-state index contributed by atoms with van der Waals surface area (Å²) < 4.78 is 25.8. The van der Waals surface area contributed by atoms with Crippen LogP contribution in [0.1, 0.15) is 6.92 Å². The van der Waals surface area contributed by atoms with E-state index in [1.54, 1.807) is 18.2 Å². The van der Waals surface area contributed by atoms with Crippen LogP contribution < -0.4 is 10.5 Å². The molecule has 0 fully saturated rings. The largest absolute Gasteiger partial charge is 0.392 e. The fraction of sp³-hybridized carbons (Fsp3) is 0.400. The first-order valence-electron chi connectivity index (χ1n) is 4.92. The molecule has 0 aromatic heterocycles. The van der Waals surface area contributed by atoms with Crippen molar-refractivity contribution in [1.29, 1.82) is 0 Å². The fourth-order valence-electron chi connectivity index (χ4n) is 1.06. The first-order valence-corrected chi connectivity index (χ1v) is 6.40. The molecular formula is C10H16N2O3S. The molecule has 0 saturated heterocycles. The zero-order valence-corrected chi connectivity index (χ0v) is 9.81. The summed E-state index contributed by atoms with van der Waals surface area (Å²) in [6.07, 6.45) is -0.751. The summed E-state index contributed by atoms with van der Waals surface area (Å²) in [7, 11) is -3.53. The van der Waals surface area contributed by atoms with Gasteiger partial charge in [-0.2, -0.15) is 0 Å². The highest BCUT2D eigenvalue weighted by Gasteiger charge is 2.16. The Hall–Kier alpha value is -0.950. The second-order valence-electron chi connectivity index (χ2n) is 3.57. The first kappa shape index (κ1) is 13.1. The summed E-state index contributed by atoms with van der Waals surface area (Å²) in [5.74, 6) is 0. The molecule has 0 radical (unpaired) electrons. The third-order valence-electron chi connectivity index (χ3n) is 2.18. The molecule has 0 aliphatic carbocycles. The van der Waals surface area contributed by atoms with Gasteiger partial charge in [0.05, 0.1) is 11.0 Å². The lowest BCUT2D eigenvalue weighted by Gasteiger charge is -2.15. The van der Waals surface area contributed by atoms with Crippen LogP contribution in [0.2, 0.25) is 0 Å². The maximum atomic E-state index is 11.7. The van der Waals surface area contributed by atoms with E-state index in [1.165, 1.54) is 19.1 Å². The van der Waals surface area contributed by atoms with Gasteiger partial charge in [0.2, 0.25) is 10.0 Å². The van der Waals surface area contributed by atoms with Crippen molar-refractivity contribution in [3.63, 3.8) is 0 Å². The van der Waals surface area contributed by atoms with E-state index in [0.29, 0.717) is 0 Å². The zero-order valence-electron chi connectivity index (χ0n) is 9.00. The Balaban J connectivity index is 2.67. The Morgan fingerprint density at radius 2 is 1.94 bits per heavy atom. The molecule has 0 saturated carbocycles. The van der Waals surface area contributed by atoms with Crippen molar-refractivity contribution in [2.45, 2.75) is 24.0 Å². The summed E-state index contributed by atoms with van der Waals surface area (Å²) in [6.45, 7) is 1.52. The van der Waals surface area contributed by atoms with Crippen LogP contribution in [0.15, 0.2) is 35.2 Å². The number of hydrogen-bond acceptors (Lipinski definition) is 4. The van der Waals surface area contributed by atoms with Crippen LogP contribution in [0.5, 0.6) is 0 Å². The molecule has 1 aromatic rings. The molecule has 0 aliphatic rings. The zero-order chi connectivity index (χ0) is 12.2. The predicted molar refractivity (Wildman–Crippen MR) is 61.3 cm³/mol. The normalized spacial score (nSPS) is 15.7. The van der Waals surface area contributed by atoms with Gasteiger partial charge in [0.25, 0.3) is 0 Å². The van der Waals surface area contributed by atoms with Crippen molar-refractivity contribution in [1.82, 2.24) is 4.72 Å². The summed E-state index contributed by atoms with van der Waals surface area (Å²) in [6, 6.07) is 7.40.